The summed E-state index contributed by atoms with van der Waals surface area (Å²) in [6.45, 7) is 1.46. The molecule has 4 nitrogen and oxygen atoms in total. The average molecular weight is 315 g/mol. The second-order valence-electron chi connectivity index (χ2n) is 5.44. The van der Waals surface area contributed by atoms with Crippen molar-refractivity contribution in [1.82, 2.24) is 9.38 Å². The first-order chi connectivity index (χ1) is 10.7. The Morgan fingerprint density at radius 2 is 2.23 bits per heavy atom. The lowest BCUT2D eigenvalue weighted by Gasteiger charge is -2.31. The Balaban J connectivity index is 1.70. The summed E-state index contributed by atoms with van der Waals surface area (Å²) < 4.78 is 14.9. The van der Waals surface area contributed by atoms with Crippen LogP contribution in [0.25, 0.3) is 4.96 Å². The predicted molar refractivity (Wildman–Crippen MR) is 85.1 cm³/mol. The Labute approximate surface area is 130 Å². The molecule has 6 heteroatoms. The summed E-state index contributed by atoms with van der Waals surface area (Å²) in [7, 11) is 0. The number of hydrogen-bond donors (Lipinski definition) is 0. The molecular weight excluding hydrogens is 301 g/mol. The number of nitrogens with zero attached hydrogens (tertiary/aromatic N) is 3. The molecule has 0 amide bonds. The summed E-state index contributed by atoms with van der Waals surface area (Å²) in [5, 5.41) is 1.85. The molecule has 0 saturated heterocycles. The average Bonchev–Trinajstić information content (AvgIpc) is 2.96. The molecule has 0 radical (unpaired) electrons. The minimum absolute atomic E-state index is 0.0578. The fourth-order valence-electron chi connectivity index (χ4n) is 2.97. The zero-order valence-electron chi connectivity index (χ0n) is 11.8. The van der Waals surface area contributed by atoms with Crippen LogP contribution in [0.4, 0.5) is 10.1 Å². The van der Waals surface area contributed by atoms with E-state index in [1.807, 2.05) is 11.4 Å². The highest BCUT2D eigenvalue weighted by molar-refractivity contribution is 7.15. The van der Waals surface area contributed by atoms with Crippen LogP contribution in [-0.4, -0.2) is 15.9 Å². The smallest absolute Gasteiger partial charge is 0.258 e. The van der Waals surface area contributed by atoms with E-state index in [-0.39, 0.29) is 11.4 Å². The van der Waals surface area contributed by atoms with Gasteiger partial charge in [-0.3, -0.25) is 9.20 Å². The maximum absolute atomic E-state index is 13.4. The number of benzene rings is 1. The van der Waals surface area contributed by atoms with Gasteiger partial charge in [0.15, 0.2) is 4.96 Å². The fraction of sp³-hybridized carbons (Fsp3) is 0.250. The molecule has 0 saturated carbocycles. The number of aromatic nitrogens is 2. The van der Waals surface area contributed by atoms with E-state index in [0.717, 1.165) is 36.3 Å². The molecule has 1 aliphatic heterocycles. The lowest BCUT2D eigenvalue weighted by atomic mass is 10.0. The maximum atomic E-state index is 13.4. The predicted octanol–water partition coefficient (Wildman–Crippen LogP) is 2.85. The van der Waals surface area contributed by atoms with Crippen LogP contribution in [0.1, 0.15) is 17.7 Å². The molecule has 3 aromatic rings. The Kier molecular flexibility index (Phi) is 3.18. The van der Waals surface area contributed by atoms with Gasteiger partial charge in [-0.2, -0.15) is 0 Å². The highest BCUT2D eigenvalue weighted by Crippen LogP contribution is 2.28. The molecule has 4 rings (SSSR count). The molecule has 0 fully saturated rings. The highest BCUT2D eigenvalue weighted by Gasteiger charge is 2.18. The first kappa shape index (κ1) is 13.5. The summed E-state index contributed by atoms with van der Waals surface area (Å²) in [5.41, 5.74) is 2.77. The summed E-state index contributed by atoms with van der Waals surface area (Å²) in [4.78, 5) is 19.5. The van der Waals surface area contributed by atoms with E-state index in [1.54, 1.807) is 22.7 Å². The van der Waals surface area contributed by atoms with E-state index in [1.165, 1.54) is 17.4 Å². The van der Waals surface area contributed by atoms with Crippen LogP contribution in [0.5, 0.6) is 0 Å². The van der Waals surface area contributed by atoms with Gasteiger partial charge in [-0.05, 0) is 36.6 Å². The van der Waals surface area contributed by atoms with Crippen molar-refractivity contribution in [3.63, 3.8) is 0 Å². The minimum Gasteiger partial charge on any atom is -0.365 e. The van der Waals surface area contributed by atoms with Gasteiger partial charge in [-0.1, -0.05) is 0 Å². The zero-order valence-corrected chi connectivity index (χ0v) is 12.6. The molecule has 0 bridgehead atoms. The third-order valence-corrected chi connectivity index (χ3v) is 4.72. The first-order valence-electron chi connectivity index (χ1n) is 7.20. The minimum atomic E-state index is -0.197. The van der Waals surface area contributed by atoms with Crippen molar-refractivity contribution < 1.29 is 4.39 Å². The Morgan fingerprint density at radius 3 is 3.14 bits per heavy atom. The van der Waals surface area contributed by atoms with Crippen molar-refractivity contribution in [1.29, 1.82) is 0 Å². The van der Waals surface area contributed by atoms with Gasteiger partial charge in [0.2, 0.25) is 0 Å². The zero-order chi connectivity index (χ0) is 15.1. The van der Waals surface area contributed by atoms with Crippen LogP contribution in [0.15, 0.2) is 40.6 Å². The van der Waals surface area contributed by atoms with Crippen molar-refractivity contribution in [2.24, 2.45) is 0 Å². The molecule has 112 valence electrons. The Hall–Kier alpha value is -2.21. The number of thiazole rings is 1. The third-order valence-electron chi connectivity index (χ3n) is 3.97. The lowest BCUT2D eigenvalue weighted by molar-refractivity contribution is 0.617. The van der Waals surface area contributed by atoms with E-state index in [9.17, 15) is 9.18 Å². The largest absolute Gasteiger partial charge is 0.365 e. The van der Waals surface area contributed by atoms with E-state index in [2.05, 4.69) is 9.88 Å². The number of fused-ring (bicyclic) bond motifs is 2. The molecule has 0 aliphatic carbocycles. The van der Waals surface area contributed by atoms with Crippen molar-refractivity contribution >= 4 is 22.0 Å². The van der Waals surface area contributed by atoms with Crippen molar-refractivity contribution in [2.75, 3.05) is 11.4 Å². The van der Waals surface area contributed by atoms with Gasteiger partial charge < -0.3 is 4.90 Å². The van der Waals surface area contributed by atoms with Crippen LogP contribution < -0.4 is 10.5 Å². The van der Waals surface area contributed by atoms with Gasteiger partial charge >= 0.3 is 0 Å². The normalized spacial score (nSPS) is 14.3. The summed E-state index contributed by atoms with van der Waals surface area (Å²) in [6, 6.07) is 6.49. The summed E-state index contributed by atoms with van der Waals surface area (Å²) in [5.74, 6) is -0.197. The summed E-state index contributed by atoms with van der Waals surface area (Å²) >= 11 is 1.45. The molecule has 2 aromatic heterocycles. The second kappa shape index (κ2) is 5.21. The van der Waals surface area contributed by atoms with Gasteiger partial charge in [0.1, 0.15) is 5.82 Å². The summed E-state index contributed by atoms with van der Waals surface area (Å²) in [6.07, 6.45) is 3.61. The van der Waals surface area contributed by atoms with Crippen molar-refractivity contribution in [3.05, 3.63) is 63.3 Å². The molecule has 0 atom stereocenters. The first-order valence-corrected chi connectivity index (χ1v) is 8.08. The number of hydrogen-bond acceptors (Lipinski definition) is 4. The van der Waals surface area contributed by atoms with Crippen molar-refractivity contribution in [2.45, 2.75) is 19.4 Å². The van der Waals surface area contributed by atoms with E-state index >= 15 is 0 Å². The molecule has 1 aromatic carbocycles. The number of halogens is 1. The molecule has 0 unspecified atom stereocenters. The number of rotatable bonds is 2. The number of aryl methyl sites for hydroxylation is 1. The van der Waals surface area contributed by atoms with Crippen LogP contribution >= 0.6 is 11.3 Å². The standard InChI is InChI=1S/C16H14FN3OS/c17-12-3-4-14-11(8-12)2-1-5-19(14)10-13-9-15(21)20-6-7-22-16(20)18-13/h3-4,6-9H,1-2,5,10H2. The van der Waals surface area contributed by atoms with Gasteiger partial charge in [-0.15, -0.1) is 11.3 Å². The molecular formula is C16H14FN3OS. The van der Waals surface area contributed by atoms with E-state index in [4.69, 9.17) is 0 Å². The van der Waals surface area contributed by atoms with Crippen LogP contribution in [-0.2, 0) is 13.0 Å². The van der Waals surface area contributed by atoms with Gasteiger partial charge in [0.05, 0.1) is 12.2 Å². The molecule has 0 N–H and O–H groups in total. The SMILES string of the molecule is O=c1cc(CN2CCCc3cc(F)ccc32)nc2sccn12. The van der Waals surface area contributed by atoms with Crippen molar-refractivity contribution in [3.8, 4) is 0 Å². The van der Waals surface area contributed by atoms with E-state index in [0.29, 0.717) is 11.5 Å². The second-order valence-corrected chi connectivity index (χ2v) is 6.31. The van der Waals surface area contributed by atoms with Crippen LogP contribution in [0.2, 0.25) is 0 Å². The fourth-order valence-corrected chi connectivity index (χ4v) is 3.71. The monoisotopic (exact) mass is 315 g/mol. The molecule has 3 heterocycles. The number of anilines is 1. The quantitative estimate of drug-likeness (QED) is 0.730. The molecule has 0 spiro atoms. The van der Waals surface area contributed by atoms with Gasteiger partial charge in [0, 0.05) is 29.9 Å². The molecule has 1 aliphatic rings. The van der Waals surface area contributed by atoms with Gasteiger partial charge in [-0.25, -0.2) is 9.37 Å². The third kappa shape index (κ3) is 2.29. The van der Waals surface area contributed by atoms with Gasteiger partial charge in [0.25, 0.3) is 5.56 Å². The lowest BCUT2D eigenvalue weighted by Crippen LogP contribution is -2.30. The van der Waals surface area contributed by atoms with Crippen LogP contribution in [0.3, 0.4) is 0 Å². The Morgan fingerprint density at radius 1 is 1.32 bits per heavy atom. The molecule has 22 heavy (non-hydrogen) atoms. The van der Waals surface area contributed by atoms with Crippen LogP contribution in [0, 0.1) is 5.82 Å². The Bertz CT molecular complexity index is 902. The van der Waals surface area contributed by atoms with E-state index < -0.39 is 0 Å². The maximum Gasteiger partial charge on any atom is 0.258 e. The topological polar surface area (TPSA) is 37.6 Å². The highest BCUT2D eigenvalue weighted by atomic mass is 32.1.